The summed E-state index contributed by atoms with van der Waals surface area (Å²) in [6, 6.07) is 0. The molecule has 0 aliphatic carbocycles. The van der Waals surface area contributed by atoms with Crippen molar-refractivity contribution in [3.8, 4) is 0 Å². The van der Waals surface area contributed by atoms with Crippen LogP contribution in [0.1, 0.15) is 33.6 Å². The number of aliphatic hydroxyl groups is 1. The normalized spacial score (nSPS) is 19.9. The van der Waals surface area contributed by atoms with Gasteiger partial charge in [0.05, 0.1) is 0 Å². The molecule has 1 atom stereocenters. The molecule has 3 nitrogen and oxygen atoms in total. The molecular formula is C13H20O3. The van der Waals surface area contributed by atoms with Crippen LogP contribution in [0, 0.1) is 0 Å². The quantitative estimate of drug-likeness (QED) is 0.730. The lowest BCUT2D eigenvalue weighted by atomic mass is 10.1. The predicted octanol–water partition coefficient (Wildman–Crippen LogP) is 2.89. The summed E-state index contributed by atoms with van der Waals surface area (Å²) in [6.07, 6.45) is 7.29. The van der Waals surface area contributed by atoms with Gasteiger partial charge in [0, 0.05) is 0 Å². The first-order valence-electron chi connectivity index (χ1n) is 5.54. The highest BCUT2D eigenvalue weighted by Gasteiger charge is 2.15. The molecule has 3 heteroatoms. The van der Waals surface area contributed by atoms with E-state index in [1.807, 2.05) is 6.08 Å². The van der Waals surface area contributed by atoms with Gasteiger partial charge in [-0.05, 0) is 39.7 Å². The first-order valence-corrected chi connectivity index (χ1v) is 5.54. The van der Waals surface area contributed by atoms with Crippen molar-refractivity contribution in [2.24, 2.45) is 0 Å². The molecule has 1 unspecified atom stereocenters. The summed E-state index contributed by atoms with van der Waals surface area (Å²) in [5, 5.41) is 8.82. The molecule has 90 valence electrons. The SMILES string of the molecule is CC(C)=CCCC(C)=CC1OC=C(CO)O1. The lowest BCUT2D eigenvalue weighted by molar-refractivity contribution is 0.00134. The minimum Gasteiger partial charge on any atom is -0.455 e. The molecule has 1 aliphatic heterocycles. The smallest absolute Gasteiger partial charge is 0.260 e. The summed E-state index contributed by atoms with van der Waals surface area (Å²) >= 11 is 0. The number of aliphatic hydroxyl groups excluding tert-OH is 1. The van der Waals surface area contributed by atoms with Crippen LogP contribution in [0.2, 0.25) is 0 Å². The monoisotopic (exact) mass is 224 g/mol. The van der Waals surface area contributed by atoms with Gasteiger partial charge in [-0.25, -0.2) is 0 Å². The van der Waals surface area contributed by atoms with Crippen molar-refractivity contribution in [1.82, 2.24) is 0 Å². The standard InChI is InChI=1S/C13H20O3/c1-10(2)5-4-6-11(3)7-13-15-9-12(8-14)16-13/h5,7,9,13-14H,4,6,8H2,1-3H3. The van der Waals surface area contributed by atoms with Gasteiger partial charge in [-0.2, -0.15) is 0 Å². The molecule has 0 aromatic carbocycles. The van der Waals surface area contributed by atoms with E-state index in [-0.39, 0.29) is 12.9 Å². The van der Waals surface area contributed by atoms with Gasteiger partial charge in [0.25, 0.3) is 6.29 Å². The van der Waals surface area contributed by atoms with Gasteiger partial charge < -0.3 is 14.6 Å². The summed E-state index contributed by atoms with van der Waals surface area (Å²) in [7, 11) is 0. The largest absolute Gasteiger partial charge is 0.455 e. The number of rotatable bonds is 5. The summed E-state index contributed by atoms with van der Waals surface area (Å²) in [4.78, 5) is 0. The fourth-order valence-electron chi connectivity index (χ4n) is 1.40. The maximum atomic E-state index is 8.82. The minimum atomic E-state index is -0.367. The Morgan fingerprint density at radius 3 is 2.75 bits per heavy atom. The van der Waals surface area contributed by atoms with Crippen LogP contribution in [0.5, 0.6) is 0 Å². The van der Waals surface area contributed by atoms with Crippen molar-refractivity contribution in [1.29, 1.82) is 0 Å². The Kier molecular flexibility index (Phi) is 5.12. The van der Waals surface area contributed by atoms with Crippen molar-refractivity contribution in [2.75, 3.05) is 6.61 Å². The van der Waals surface area contributed by atoms with Crippen molar-refractivity contribution in [3.05, 3.63) is 35.3 Å². The number of hydrogen-bond donors (Lipinski definition) is 1. The van der Waals surface area contributed by atoms with E-state index in [9.17, 15) is 0 Å². The molecule has 0 bridgehead atoms. The number of hydrogen-bond acceptors (Lipinski definition) is 3. The van der Waals surface area contributed by atoms with E-state index in [0.717, 1.165) is 12.8 Å². The maximum Gasteiger partial charge on any atom is 0.260 e. The Hall–Kier alpha value is -1.22. The van der Waals surface area contributed by atoms with Crippen LogP contribution in [0.15, 0.2) is 35.3 Å². The Labute approximate surface area is 97.1 Å². The van der Waals surface area contributed by atoms with E-state index in [2.05, 4.69) is 26.8 Å². The zero-order valence-corrected chi connectivity index (χ0v) is 10.2. The average Bonchev–Trinajstić information content (AvgIpc) is 2.65. The Morgan fingerprint density at radius 2 is 2.19 bits per heavy atom. The van der Waals surface area contributed by atoms with Gasteiger partial charge in [0.1, 0.15) is 12.9 Å². The molecule has 16 heavy (non-hydrogen) atoms. The maximum absolute atomic E-state index is 8.82. The van der Waals surface area contributed by atoms with Crippen LogP contribution >= 0.6 is 0 Å². The molecule has 0 saturated heterocycles. The second-order valence-electron chi connectivity index (χ2n) is 4.20. The number of allylic oxidation sites excluding steroid dienone is 3. The van der Waals surface area contributed by atoms with Gasteiger partial charge in [0.2, 0.25) is 0 Å². The summed E-state index contributed by atoms with van der Waals surface area (Å²) in [5.74, 6) is 0.485. The first kappa shape index (κ1) is 12.8. The Morgan fingerprint density at radius 1 is 1.44 bits per heavy atom. The van der Waals surface area contributed by atoms with E-state index >= 15 is 0 Å². The van der Waals surface area contributed by atoms with Gasteiger partial charge in [-0.1, -0.05) is 17.2 Å². The van der Waals surface area contributed by atoms with E-state index in [1.165, 1.54) is 17.4 Å². The van der Waals surface area contributed by atoms with Crippen molar-refractivity contribution in [2.45, 2.75) is 39.9 Å². The highest BCUT2D eigenvalue weighted by atomic mass is 16.7. The van der Waals surface area contributed by atoms with Crippen LogP contribution < -0.4 is 0 Å². The van der Waals surface area contributed by atoms with Gasteiger partial charge in [0.15, 0.2) is 5.76 Å². The lowest BCUT2D eigenvalue weighted by Gasteiger charge is -2.08. The minimum absolute atomic E-state index is 0.110. The first-order chi connectivity index (χ1) is 7.61. The van der Waals surface area contributed by atoms with Crippen LogP contribution in [0.4, 0.5) is 0 Å². The fraction of sp³-hybridized carbons (Fsp3) is 0.538. The van der Waals surface area contributed by atoms with E-state index in [4.69, 9.17) is 14.6 Å². The molecule has 1 aliphatic rings. The summed E-state index contributed by atoms with van der Waals surface area (Å²) < 4.78 is 10.5. The third-order valence-electron chi connectivity index (χ3n) is 2.27. The number of ether oxygens (including phenoxy) is 2. The highest BCUT2D eigenvalue weighted by molar-refractivity contribution is 5.06. The third-order valence-corrected chi connectivity index (χ3v) is 2.27. The second kappa shape index (κ2) is 6.38. The lowest BCUT2D eigenvalue weighted by Crippen LogP contribution is -2.06. The van der Waals surface area contributed by atoms with E-state index < -0.39 is 0 Å². The summed E-state index contributed by atoms with van der Waals surface area (Å²) in [5.41, 5.74) is 2.57. The van der Waals surface area contributed by atoms with Crippen molar-refractivity contribution >= 4 is 0 Å². The van der Waals surface area contributed by atoms with Crippen molar-refractivity contribution in [3.63, 3.8) is 0 Å². The molecule has 1 rings (SSSR count). The molecule has 0 aromatic rings. The zero-order chi connectivity index (χ0) is 12.0. The topological polar surface area (TPSA) is 38.7 Å². The third kappa shape index (κ3) is 4.53. The average molecular weight is 224 g/mol. The Balaban J connectivity index is 2.32. The van der Waals surface area contributed by atoms with Crippen LogP contribution in [0.25, 0.3) is 0 Å². The zero-order valence-electron chi connectivity index (χ0n) is 10.2. The molecular weight excluding hydrogens is 204 g/mol. The van der Waals surface area contributed by atoms with Gasteiger partial charge >= 0.3 is 0 Å². The molecule has 0 saturated carbocycles. The van der Waals surface area contributed by atoms with Gasteiger partial charge in [-0.3, -0.25) is 0 Å². The van der Waals surface area contributed by atoms with E-state index in [0.29, 0.717) is 5.76 Å². The second-order valence-corrected chi connectivity index (χ2v) is 4.20. The Bertz CT molecular complexity index is 309. The highest BCUT2D eigenvalue weighted by Crippen LogP contribution is 2.17. The van der Waals surface area contributed by atoms with Crippen LogP contribution in [0.3, 0.4) is 0 Å². The van der Waals surface area contributed by atoms with Crippen LogP contribution in [-0.4, -0.2) is 18.0 Å². The van der Waals surface area contributed by atoms with E-state index in [1.54, 1.807) is 0 Å². The molecule has 0 fully saturated rings. The fourth-order valence-corrected chi connectivity index (χ4v) is 1.40. The van der Waals surface area contributed by atoms with Crippen LogP contribution in [-0.2, 0) is 9.47 Å². The molecule has 0 amide bonds. The molecule has 0 spiro atoms. The molecule has 0 aromatic heterocycles. The predicted molar refractivity (Wildman–Crippen MR) is 63.5 cm³/mol. The molecule has 1 N–H and O–H groups in total. The van der Waals surface area contributed by atoms with Crippen molar-refractivity contribution < 1.29 is 14.6 Å². The van der Waals surface area contributed by atoms with Gasteiger partial charge in [-0.15, -0.1) is 0 Å². The molecule has 0 radical (unpaired) electrons. The summed E-state index contributed by atoms with van der Waals surface area (Å²) in [6.45, 7) is 6.14. The molecule has 1 heterocycles.